The van der Waals surface area contributed by atoms with Gasteiger partial charge in [0.25, 0.3) is 0 Å². The van der Waals surface area contributed by atoms with Gasteiger partial charge in [0.15, 0.2) is 0 Å². The molecule has 5 heteroatoms. The van der Waals surface area contributed by atoms with Crippen LogP contribution < -0.4 is 5.73 Å². The Morgan fingerprint density at radius 1 is 1.26 bits per heavy atom. The van der Waals surface area contributed by atoms with Crippen molar-refractivity contribution in [3.8, 4) is 5.75 Å². The number of carbonyl (C=O) groups is 1. The molecule has 0 bridgehead atoms. The SMILES string of the molecule is COC(=O)C[C@@H](N)c1ccc(O)c2ccccc12.Cl. The number of methoxy groups -OCH3 is 1. The summed E-state index contributed by atoms with van der Waals surface area (Å²) in [5, 5.41) is 11.4. The maximum atomic E-state index is 11.2. The lowest BCUT2D eigenvalue weighted by molar-refractivity contribution is -0.141. The minimum absolute atomic E-state index is 0. The predicted octanol–water partition coefficient (Wildman–Crippen LogP) is 2.53. The molecule has 0 saturated heterocycles. The van der Waals surface area contributed by atoms with Crippen LogP contribution in [0, 0.1) is 0 Å². The van der Waals surface area contributed by atoms with Gasteiger partial charge in [0.2, 0.25) is 0 Å². The standard InChI is InChI=1S/C14H15NO3.ClH/c1-18-14(17)8-12(15)10-6-7-13(16)11-5-3-2-4-9(10)11;/h2-7,12,16H,8,15H2,1H3;1H/t12-;/m1./s1. The van der Waals surface area contributed by atoms with Crippen LogP contribution in [0.1, 0.15) is 18.0 Å². The van der Waals surface area contributed by atoms with Gasteiger partial charge in [-0.2, -0.15) is 0 Å². The van der Waals surface area contributed by atoms with E-state index in [0.29, 0.717) is 0 Å². The Morgan fingerprint density at radius 3 is 2.53 bits per heavy atom. The van der Waals surface area contributed by atoms with Gasteiger partial charge < -0.3 is 15.6 Å². The molecule has 4 nitrogen and oxygen atoms in total. The van der Waals surface area contributed by atoms with E-state index >= 15 is 0 Å². The normalized spacial score (nSPS) is 11.7. The van der Waals surface area contributed by atoms with Gasteiger partial charge in [0.1, 0.15) is 5.75 Å². The van der Waals surface area contributed by atoms with Gasteiger partial charge in [-0.1, -0.05) is 30.3 Å². The largest absolute Gasteiger partial charge is 0.507 e. The van der Waals surface area contributed by atoms with E-state index in [-0.39, 0.29) is 30.5 Å². The number of aromatic hydroxyl groups is 1. The Labute approximate surface area is 117 Å². The van der Waals surface area contributed by atoms with Crippen LogP contribution in [0.3, 0.4) is 0 Å². The second-order valence-corrected chi connectivity index (χ2v) is 4.11. The van der Waals surface area contributed by atoms with E-state index in [9.17, 15) is 9.90 Å². The lowest BCUT2D eigenvalue weighted by atomic mass is 9.97. The maximum Gasteiger partial charge on any atom is 0.307 e. The number of halogens is 1. The molecule has 19 heavy (non-hydrogen) atoms. The molecular weight excluding hydrogens is 266 g/mol. The fraction of sp³-hybridized carbons (Fsp3) is 0.214. The summed E-state index contributed by atoms with van der Waals surface area (Å²) in [5.41, 5.74) is 6.83. The summed E-state index contributed by atoms with van der Waals surface area (Å²) in [5.74, 6) is -0.140. The highest BCUT2D eigenvalue weighted by molar-refractivity contribution is 5.91. The van der Waals surface area contributed by atoms with Crippen LogP contribution >= 0.6 is 12.4 Å². The molecule has 3 N–H and O–H groups in total. The molecule has 102 valence electrons. The van der Waals surface area contributed by atoms with Crippen molar-refractivity contribution in [2.24, 2.45) is 5.73 Å². The first-order valence-corrected chi connectivity index (χ1v) is 5.66. The average molecular weight is 282 g/mol. The third-order valence-electron chi connectivity index (χ3n) is 2.95. The van der Waals surface area contributed by atoms with Gasteiger partial charge in [-0.3, -0.25) is 4.79 Å². The summed E-state index contributed by atoms with van der Waals surface area (Å²) in [4.78, 5) is 11.2. The fourth-order valence-electron chi connectivity index (χ4n) is 2.00. The molecule has 0 saturated carbocycles. The molecule has 0 aliphatic heterocycles. The van der Waals surface area contributed by atoms with Crippen LogP contribution in [0.4, 0.5) is 0 Å². The van der Waals surface area contributed by atoms with Crippen molar-refractivity contribution in [3.63, 3.8) is 0 Å². The third-order valence-corrected chi connectivity index (χ3v) is 2.95. The number of fused-ring (bicyclic) bond motifs is 1. The number of carbonyl (C=O) groups excluding carboxylic acids is 1. The van der Waals surface area contributed by atoms with E-state index in [0.717, 1.165) is 16.3 Å². The predicted molar refractivity (Wildman–Crippen MR) is 76.4 cm³/mol. The molecule has 2 rings (SSSR count). The first-order chi connectivity index (χ1) is 8.63. The Morgan fingerprint density at radius 2 is 1.89 bits per heavy atom. The summed E-state index contributed by atoms with van der Waals surface area (Å²) < 4.78 is 4.61. The minimum atomic E-state index is -0.442. The zero-order chi connectivity index (χ0) is 13.1. The number of phenolic OH excluding ortho intramolecular Hbond substituents is 1. The first kappa shape index (κ1) is 15.3. The number of rotatable bonds is 3. The zero-order valence-corrected chi connectivity index (χ0v) is 11.3. The summed E-state index contributed by atoms with van der Waals surface area (Å²) in [6.07, 6.45) is 0.116. The van der Waals surface area contributed by atoms with Gasteiger partial charge in [-0.05, 0) is 17.0 Å². The van der Waals surface area contributed by atoms with E-state index in [1.807, 2.05) is 24.3 Å². The molecule has 2 aromatic carbocycles. The number of nitrogens with two attached hydrogens (primary N) is 1. The van der Waals surface area contributed by atoms with Crippen LogP contribution in [-0.2, 0) is 9.53 Å². The average Bonchev–Trinajstić information content (AvgIpc) is 2.39. The Kier molecular flexibility index (Phi) is 5.15. The van der Waals surface area contributed by atoms with Gasteiger partial charge in [0, 0.05) is 11.4 Å². The summed E-state index contributed by atoms with van der Waals surface area (Å²) in [6.45, 7) is 0. The highest BCUT2D eigenvalue weighted by Crippen LogP contribution is 2.31. The second-order valence-electron chi connectivity index (χ2n) is 4.11. The number of esters is 1. The molecule has 2 aromatic rings. The third kappa shape index (κ3) is 3.16. The van der Waals surface area contributed by atoms with Crippen molar-refractivity contribution in [2.75, 3.05) is 7.11 Å². The Balaban J connectivity index is 0.00000180. The summed E-state index contributed by atoms with van der Waals surface area (Å²) in [6, 6.07) is 10.3. The van der Waals surface area contributed by atoms with Crippen molar-refractivity contribution in [1.82, 2.24) is 0 Å². The molecule has 0 unspecified atom stereocenters. The van der Waals surface area contributed by atoms with E-state index in [1.165, 1.54) is 7.11 Å². The lowest BCUT2D eigenvalue weighted by Gasteiger charge is -2.14. The number of hydrogen-bond donors (Lipinski definition) is 2. The number of phenols is 1. The zero-order valence-electron chi connectivity index (χ0n) is 10.5. The molecule has 0 heterocycles. The molecule has 0 spiro atoms. The molecule has 0 aromatic heterocycles. The first-order valence-electron chi connectivity index (χ1n) is 5.66. The lowest BCUT2D eigenvalue weighted by Crippen LogP contribution is -2.16. The van der Waals surface area contributed by atoms with Crippen LogP contribution in [0.2, 0.25) is 0 Å². The van der Waals surface area contributed by atoms with Gasteiger partial charge >= 0.3 is 5.97 Å². The number of hydrogen-bond acceptors (Lipinski definition) is 4. The molecule has 0 aliphatic rings. The van der Waals surface area contributed by atoms with Crippen molar-refractivity contribution >= 4 is 29.1 Å². The maximum absolute atomic E-state index is 11.2. The Hall–Kier alpha value is -1.78. The molecular formula is C14H16ClNO3. The second kappa shape index (κ2) is 6.41. The topological polar surface area (TPSA) is 72.5 Å². The smallest absolute Gasteiger partial charge is 0.307 e. The molecule has 1 atom stereocenters. The highest BCUT2D eigenvalue weighted by atomic mass is 35.5. The van der Waals surface area contributed by atoms with Gasteiger partial charge in [-0.25, -0.2) is 0 Å². The van der Waals surface area contributed by atoms with Crippen molar-refractivity contribution in [1.29, 1.82) is 0 Å². The number of ether oxygens (including phenoxy) is 1. The minimum Gasteiger partial charge on any atom is -0.507 e. The van der Waals surface area contributed by atoms with Crippen LogP contribution in [0.5, 0.6) is 5.75 Å². The van der Waals surface area contributed by atoms with Gasteiger partial charge in [0.05, 0.1) is 13.5 Å². The molecule has 0 amide bonds. The van der Waals surface area contributed by atoms with Crippen LogP contribution in [0.25, 0.3) is 10.8 Å². The fourth-order valence-corrected chi connectivity index (χ4v) is 2.00. The monoisotopic (exact) mass is 281 g/mol. The van der Waals surface area contributed by atoms with Crippen molar-refractivity contribution in [3.05, 3.63) is 42.0 Å². The Bertz CT molecular complexity index is 586. The quantitative estimate of drug-likeness (QED) is 0.848. The van der Waals surface area contributed by atoms with E-state index in [1.54, 1.807) is 12.1 Å². The van der Waals surface area contributed by atoms with Gasteiger partial charge in [-0.15, -0.1) is 12.4 Å². The van der Waals surface area contributed by atoms with E-state index in [4.69, 9.17) is 5.73 Å². The van der Waals surface area contributed by atoms with Crippen molar-refractivity contribution < 1.29 is 14.6 Å². The van der Waals surface area contributed by atoms with Crippen LogP contribution in [-0.4, -0.2) is 18.2 Å². The molecule has 0 fully saturated rings. The molecule has 0 radical (unpaired) electrons. The molecule has 0 aliphatic carbocycles. The highest BCUT2D eigenvalue weighted by Gasteiger charge is 2.15. The summed E-state index contributed by atoms with van der Waals surface area (Å²) in [7, 11) is 1.34. The van der Waals surface area contributed by atoms with E-state index < -0.39 is 6.04 Å². The van der Waals surface area contributed by atoms with E-state index in [2.05, 4.69) is 4.74 Å². The van der Waals surface area contributed by atoms with Crippen molar-refractivity contribution in [2.45, 2.75) is 12.5 Å². The summed E-state index contributed by atoms with van der Waals surface area (Å²) >= 11 is 0. The number of benzene rings is 2. The van der Waals surface area contributed by atoms with Crippen LogP contribution in [0.15, 0.2) is 36.4 Å².